The fourth-order valence-corrected chi connectivity index (χ4v) is 2.16. The molecule has 1 unspecified atom stereocenters. The van der Waals surface area contributed by atoms with E-state index in [-0.39, 0.29) is 12.4 Å². The molecular formula is C12H18N2O4. The Morgan fingerprint density at radius 1 is 1.61 bits per heavy atom. The summed E-state index contributed by atoms with van der Waals surface area (Å²) in [7, 11) is 3.50. The van der Waals surface area contributed by atoms with Crippen molar-refractivity contribution in [3.8, 4) is 0 Å². The highest BCUT2D eigenvalue weighted by Gasteiger charge is 2.41. The van der Waals surface area contributed by atoms with Crippen LogP contribution in [0.5, 0.6) is 0 Å². The summed E-state index contributed by atoms with van der Waals surface area (Å²) in [6, 6.07) is 0. The van der Waals surface area contributed by atoms with Crippen LogP contribution >= 0.6 is 0 Å². The maximum atomic E-state index is 12.0. The lowest BCUT2D eigenvalue weighted by Gasteiger charge is -2.41. The second kappa shape index (κ2) is 4.72. The van der Waals surface area contributed by atoms with Gasteiger partial charge >= 0.3 is 0 Å². The normalized spacial score (nSPS) is 27.6. The Labute approximate surface area is 106 Å². The van der Waals surface area contributed by atoms with Gasteiger partial charge in [0.25, 0.3) is 0 Å². The Hall–Kier alpha value is -1.37. The van der Waals surface area contributed by atoms with E-state index in [1.54, 1.807) is 16.8 Å². The van der Waals surface area contributed by atoms with Gasteiger partial charge in [-0.15, -0.1) is 0 Å². The number of aliphatic hydroxyl groups is 2. The summed E-state index contributed by atoms with van der Waals surface area (Å²) in [5.74, 6) is -1.73. The first-order valence-electron chi connectivity index (χ1n) is 5.87. The number of ether oxygens (including phenoxy) is 1. The third kappa shape index (κ3) is 2.14. The number of hydrogen-bond acceptors (Lipinski definition) is 6. The van der Waals surface area contributed by atoms with Gasteiger partial charge in [-0.2, -0.15) is 0 Å². The molecule has 0 radical (unpaired) electrons. The summed E-state index contributed by atoms with van der Waals surface area (Å²) in [6.07, 6.45) is 2.80. The molecule has 1 aliphatic carbocycles. The first-order chi connectivity index (χ1) is 8.48. The minimum Gasteiger partial charge on any atom is -0.395 e. The Morgan fingerprint density at radius 2 is 2.33 bits per heavy atom. The molecule has 1 saturated heterocycles. The number of carbonyl (C=O) groups excluding carboxylic acids is 1. The van der Waals surface area contributed by atoms with Crippen molar-refractivity contribution < 1.29 is 19.7 Å². The zero-order chi connectivity index (χ0) is 13.3. The lowest BCUT2D eigenvalue weighted by molar-refractivity contribution is -0.176. The molecule has 0 amide bonds. The minimum atomic E-state index is -1.54. The number of morpholine rings is 1. The number of fused-ring (bicyclic) bond motifs is 1. The van der Waals surface area contributed by atoms with Crippen LogP contribution in [-0.4, -0.2) is 72.0 Å². The molecular weight excluding hydrogens is 236 g/mol. The Morgan fingerprint density at radius 3 is 3.00 bits per heavy atom. The quantitative estimate of drug-likeness (QED) is 0.667. The van der Waals surface area contributed by atoms with Gasteiger partial charge in [-0.05, 0) is 0 Å². The second-order valence-electron chi connectivity index (χ2n) is 4.54. The Balaban J connectivity index is 2.31. The number of nitrogens with zero attached hydrogens (tertiary/aromatic N) is 2. The predicted octanol–water partition coefficient (Wildman–Crippen LogP) is -1.09. The van der Waals surface area contributed by atoms with E-state index in [0.29, 0.717) is 31.1 Å². The van der Waals surface area contributed by atoms with Crippen molar-refractivity contribution >= 4 is 5.78 Å². The van der Waals surface area contributed by atoms with E-state index in [2.05, 4.69) is 0 Å². The summed E-state index contributed by atoms with van der Waals surface area (Å²) in [5.41, 5.74) is 0.797. The molecule has 6 nitrogen and oxygen atoms in total. The average Bonchev–Trinajstić information content (AvgIpc) is 2.31. The molecule has 100 valence electrons. The van der Waals surface area contributed by atoms with E-state index < -0.39 is 5.79 Å². The monoisotopic (exact) mass is 254 g/mol. The highest BCUT2D eigenvalue weighted by molar-refractivity contribution is 6.05. The van der Waals surface area contributed by atoms with Crippen molar-refractivity contribution in [2.75, 3.05) is 40.4 Å². The van der Waals surface area contributed by atoms with Crippen molar-refractivity contribution in [1.82, 2.24) is 9.80 Å². The average molecular weight is 254 g/mol. The lowest BCUT2D eigenvalue weighted by atomic mass is 9.99. The van der Waals surface area contributed by atoms with Crippen LogP contribution in [0.1, 0.15) is 0 Å². The molecule has 1 aliphatic heterocycles. The first kappa shape index (κ1) is 13.1. The van der Waals surface area contributed by atoms with Gasteiger partial charge in [0.15, 0.2) is 0 Å². The van der Waals surface area contributed by atoms with Gasteiger partial charge in [0.1, 0.15) is 0 Å². The fraction of sp³-hybridized carbons (Fsp3) is 0.583. The maximum absolute atomic E-state index is 12.0. The Bertz CT molecular complexity index is 418. The highest BCUT2D eigenvalue weighted by Crippen LogP contribution is 2.32. The third-order valence-corrected chi connectivity index (χ3v) is 3.23. The van der Waals surface area contributed by atoms with Crippen LogP contribution in [0, 0.1) is 0 Å². The van der Waals surface area contributed by atoms with Crippen molar-refractivity contribution in [3.63, 3.8) is 0 Å². The standard InChI is InChI=1S/C12H18N2O4/c1-13(3-5-15)9-8-12(17)11(7-10(9)16)14(2)4-6-18-12/h7-8,15,17H,3-6H2,1-2H3. The largest absolute Gasteiger partial charge is 0.395 e. The van der Waals surface area contributed by atoms with E-state index in [1.807, 2.05) is 7.05 Å². The molecule has 6 heteroatoms. The molecule has 0 aromatic rings. The first-order valence-corrected chi connectivity index (χ1v) is 5.87. The topological polar surface area (TPSA) is 73.2 Å². The van der Waals surface area contributed by atoms with Gasteiger partial charge in [-0.25, -0.2) is 0 Å². The molecule has 0 aromatic heterocycles. The van der Waals surface area contributed by atoms with Crippen molar-refractivity contribution in [3.05, 3.63) is 23.5 Å². The fourth-order valence-electron chi connectivity index (χ4n) is 2.16. The minimum absolute atomic E-state index is 0.0587. The van der Waals surface area contributed by atoms with Crippen LogP contribution in [0.2, 0.25) is 0 Å². The van der Waals surface area contributed by atoms with E-state index in [4.69, 9.17) is 9.84 Å². The number of allylic oxidation sites excluding steroid dienone is 1. The van der Waals surface area contributed by atoms with E-state index >= 15 is 0 Å². The van der Waals surface area contributed by atoms with Crippen LogP contribution in [0.15, 0.2) is 23.5 Å². The summed E-state index contributed by atoms with van der Waals surface area (Å²) >= 11 is 0. The zero-order valence-electron chi connectivity index (χ0n) is 10.6. The van der Waals surface area contributed by atoms with E-state index in [0.717, 1.165) is 0 Å². The number of likely N-dealkylation sites (N-methyl/N-ethyl adjacent to an activating group) is 2. The molecule has 2 rings (SSSR count). The molecule has 1 heterocycles. The Kier molecular flexibility index (Phi) is 3.43. The van der Waals surface area contributed by atoms with Crippen LogP contribution in [0.3, 0.4) is 0 Å². The number of ketones is 1. The molecule has 1 fully saturated rings. The smallest absolute Gasteiger partial charge is 0.230 e. The molecule has 0 aromatic carbocycles. The number of aliphatic hydroxyl groups excluding tert-OH is 1. The number of carbonyl (C=O) groups is 1. The predicted molar refractivity (Wildman–Crippen MR) is 64.4 cm³/mol. The summed E-state index contributed by atoms with van der Waals surface area (Å²) in [6.45, 7) is 1.30. The molecule has 18 heavy (non-hydrogen) atoms. The summed E-state index contributed by atoms with van der Waals surface area (Å²) in [4.78, 5) is 15.4. The van der Waals surface area contributed by atoms with Gasteiger partial charge in [-0.1, -0.05) is 0 Å². The molecule has 1 atom stereocenters. The van der Waals surface area contributed by atoms with Gasteiger partial charge in [0.2, 0.25) is 11.6 Å². The van der Waals surface area contributed by atoms with Crippen LogP contribution in [0.4, 0.5) is 0 Å². The lowest BCUT2D eigenvalue weighted by Crippen LogP contribution is -2.50. The molecule has 0 saturated carbocycles. The van der Waals surface area contributed by atoms with Crippen LogP contribution in [-0.2, 0) is 9.53 Å². The third-order valence-electron chi connectivity index (χ3n) is 3.23. The van der Waals surface area contributed by atoms with Gasteiger partial charge < -0.3 is 24.7 Å². The van der Waals surface area contributed by atoms with Gasteiger partial charge in [0, 0.05) is 39.3 Å². The van der Waals surface area contributed by atoms with Crippen LogP contribution in [0.25, 0.3) is 0 Å². The zero-order valence-corrected chi connectivity index (χ0v) is 10.6. The maximum Gasteiger partial charge on any atom is 0.230 e. The van der Waals surface area contributed by atoms with E-state index in [9.17, 15) is 9.90 Å². The van der Waals surface area contributed by atoms with Gasteiger partial charge in [0.05, 0.1) is 24.6 Å². The number of hydrogen-bond donors (Lipinski definition) is 2. The molecule has 0 bridgehead atoms. The molecule has 0 spiro atoms. The van der Waals surface area contributed by atoms with E-state index in [1.165, 1.54) is 12.2 Å². The second-order valence-corrected chi connectivity index (χ2v) is 4.54. The van der Waals surface area contributed by atoms with Crippen molar-refractivity contribution in [2.24, 2.45) is 0 Å². The summed E-state index contributed by atoms with van der Waals surface area (Å²) < 4.78 is 5.37. The van der Waals surface area contributed by atoms with Gasteiger partial charge in [-0.3, -0.25) is 4.79 Å². The SMILES string of the molecule is CN(CCO)C1=CC2(O)OCCN(C)C2=CC1=O. The summed E-state index contributed by atoms with van der Waals surface area (Å²) in [5, 5.41) is 19.3. The van der Waals surface area contributed by atoms with Crippen LogP contribution < -0.4 is 0 Å². The molecule has 2 aliphatic rings. The van der Waals surface area contributed by atoms with Crippen molar-refractivity contribution in [1.29, 1.82) is 0 Å². The van der Waals surface area contributed by atoms with Crippen molar-refractivity contribution in [2.45, 2.75) is 5.79 Å². The highest BCUT2D eigenvalue weighted by atomic mass is 16.6. The molecule has 2 N–H and O–H groups in total. The number of rotatable bonds is 3.